The predicted octanol–water partition coefficient (Wildman–Crippen LogP) is 3.19. The van der Waals surface area contributed by atoms with Gasteiger partial charge in [-0.25, -0.2) is 5.01 Å². The highest BCUT2D eigenvalue weighted by Crippen LogP contribution is 2.71. The van der Waals surface area contributed by atoms with Gasteiger partial charge in [0.25, 0.3) is 0 Å². The van der Waals surface area contributed by atoms with E-state index in [-0.39, 0.29) is 28.8 Å². The van der Waals surface area contributed by atoms with Crippen LogP contribution in [0.4, 0.5) is 4.39 Å². The fourth-order valence-corrected chi connectivity index (χ4v) is 7.52. The van der Waals surface area contributed by atoms with Gasteiger partial charge in [-0.05, 0) is 67.3 Å². The smallest absolute Gasteiger partial charge is 0.240 e. The number of piperazine rings is 1. The van der Waals surface area contributed by atoms with E-state index in [9.17, 15) is 9.18 Å². The van der Waals surface area contributed by atoms with Crippen molar-refractivity contribution in [1.82, 2.24) is 15.8 Å². The van der Waals surface area contributed by atoms with Crippen molar-refractivity contribution in [2.75, 3.05) is 32.9 Å². The number of rotatable bonds is 5. The van der Waals surface area contributed by atoms with Gasteiger partial charge in [0.1, 0.15) is 0 Å². The molecule has 2 unspecified atom stereocenters. The molecular formula is C23H32FN3O. The van der Waals surface area contributed by atoms with Crippen molar-refractivity contribution < 1.29 is 9.18 Å². The number of halogens is 1. The van der Waals surface area contributed by atoms with Gasteiger partial charge < -0.3 is 5.32 Å². The number of benzene rings is 1. The van der Waals surface area contributed by atoms with E-state index < -0.39 is 0 Å². The number of hydrazine groups is 1. The fraction of sp³-hybridized carbons (Fsp3) is 0.696. The van der Waals surface area contributed by atoms with Crippen LogP contribution in [-0.2, 0) is 10.2 Å². The molecule has 5 heteroatoms. The summed E-state index contributed by atoms with van der Waals surface area (Å²) in [5.74, 6) is 0.735. The number of amides is 1. The number of hydrogen-bond acceptors (Lipinski definition) is 3. The second-order valence-electron chi connectivity index (χ2n) is 10.1. The predicted molar refractivity (Wildman–Crippen MR) is 107 cm³/mol. The minimum absolute atomic E-state index is 0.00913. The van der Waals surface area contributed by atoms with E-state index in [4.69, 9.17) is 0 Å². The van der Waals surface area contributed by atoms with Crippen molar-refractivity contribution in [2.24, 2.45) is 16.7 Å². The summed E-state index contributed by atoms with van der Waals surface area (Å²) in [6.45, 7) is 3.26. The average Bonchev–Trinajstić information content (AvgIpc) is 2.68. The Morgan fingerprint density at radius 1 is 1.11 bits per heavy atom. The lowest BCUT2D eigenvalue weighted by molar-refractivity contribution is -0.168. The Kier molecular flexibility index (Phi) is 4.51. The second kappa shape index (κ2) is 6.81. The van der Waals surface area contributed by atoms with Gasteiger partial charge in [-0.2, -0.15) is 0 Å². The lowest BCUT2D eigenvalue weighted by Gasteiger charge is -2.66. The van der Waals surface area contributed by atoms with Crippen LogP contribution in [-0.4, -0.2) is 43.8 Å². The van der Waals surface area contributed by atoms with Crippen LogP contribution in [0, 0.1) is 16.7 Å². The molecule has 4 atom stereocenters. The van der Waals surface area contributed by atoms with E-state index in [0.717, 1.165) is 64.7 Å². The van der Waals surface area contributed by atoms with E-state index in [0.29, 0.717) is 12.3 Å². The zero-order chi connectivity index (χ0) is 19.2. The van der Waals surface area contributed by atoms with Crippen LogP contribution in [0.3, 0.4) is 0 Å². The zero-order valence-electron chi connectivity index (χ0n) is 16.7. The Balaban J connectivity index is 1.49. The number of nitrogens with zero attached hydrogens (tertiary/aromatic N) is 1. The van der Waals surface area contributed by atoms with Crippen LogP contribution in [0.25, 0.3) is 0 Å². The molecule has 1 aromatic carbocycles. The SMILES string of the molecule is O=C(NN1CCNCC1)C12CC3C[C@@](CCF)(C1)C[C@](c1ccccc1)(C3)C2. The highest BCUT2D eigenvalue weighted by atomic mass is 19.1. The number of carbonyl (C=O) groups excluding carboxylic acids is 1. The lowest BCUT2D eigenvalue weighted by atomic mass is 9.38. The molecule has 5 aliphatic rings. The lowest BCUT2D eigenvalue weighted by Crippen LogP contribution is -2.65. The molecule has 28 heavy (non-hydrogen) atoms. The maximum atomic E-state index is 13.6. The van der Waals surface area contributed by atoms with Crippen molar-refractivity contribution >= 4 is 5.91 Å². The molecule has 1 aromatic rings. The third kappa shape index (κ3) is 2.98. The number of nitrogens with one attached hydrogen (secondary N) is 2. The van der Waals surface area contributed by atoms with Crippen molar-refractivity contribution in [3.63, 3.8) is 0 Å². The Morgan fingerprint density at radius 2 is 1.89 bits per heavy atom. The molecule has 0 radical (unpaired) electrons. The van der Waals surface area contributed by atoms with Crippen LogP contribution in [0.1, 0.15) is 50.5 Å². The van der Waals surface area contributed by atoms with E-state index in [2.05, 4.69) is 46.1 Å². The molecule has 5 fully saturated rings. The van der Waals surface area contributed by atoms with E-state index in [1.807, 2.05) is 0 Å². The van der Waals surface area contributed by atoms with Crippen LogP contribution in [0.5, 0.6) is 0 Å². The first-order valence-corrected chi connectivity index (χ1v) is 11.0. The summed E-state index contributed by atoms with van der Waals surface area (Å²) in [4.78, 5) is 13.6. The molecule has 4 aliphatic carbocycles. The Bertz CT molecular complexity index is 737. The van der Waals surface area contributed by atoms with Crippen molar-refractivity contribution in [1.29, 1.82) is 0 Å². The van der Waals surface area contributed by atoms with Crippen LogP contribution >= 0.6 is 0 Å². The molecule has 1 aliphatic heterocycles. The first-order chi connectivity index (χ1) is 13.6. The molecule has 6 rings (SSSR count). The van der Waals surface area contributed by atoms with Crippen LogP contribution in [0.2, 0.25) is 0 Å². The second-order valence-corrected chi connectivity index (χ2v) is 10.1. The topological polar surface area (TPSA) is 44.4 Å². The molecule has 0 aromatic heterocycles. The molecule has 2 N–H and O–H groups in total. The normalized spacial score (nSPS) is 39.8. The number of hydrogen-bond donors (Lipinski definition) is 2. The first-order valence-electron chi connectivity index (χ1n) is 11.0. The van der Waals surface area contributed by atoms with Gasteiger partial charge >= 0.3 is 0 Å². The summed E-state index contributed by atoms with van der Waals surface area (Å²) in [7, 11) is 0. The molecule has 1 amide bonds. The Labute approximate surface area is 167 Å². The monoisotopic (exact) mass is 385 g/mol. The standard InChI is InChI=1S/C23H32FN3O/c24-7-6-21-12-18-13-22(15-21,19-4-2-1-3-5-19)17-23(14-18,16-21)20(28)26-27-10-8-25-9-11-27/h1-5,18,25H,6-17H2,(H,26,28)/t18?,21-,22-,23?/m1/s1. The zero-order valence-corrected chi connectivity index (χ0v) is 16.7. The quantitative estimate of drug-likeness (QED) is 0.818. The number of carbonyl (C=O) groups is 1. The van der Waals surface area contributed by atoms with E-state index >= 15 is 0 Å². The maximum Gasteiger partial charge on any atom is 0.240 e. The summed E-state index contributed by atoms with van der Waals surface area (Å²) in [5.41, 5.74) is 4.32. The van der Waals surface area contributed by atoms with Crippen LogP contribution < -0.4 is 10.7 Å². The molecule has 152 valence electrons. The van der Waals surface area contributed by atoms with Gasteiger partial charge in [0.2, 0.25) is 5.91 Å². The summed E-state index contributed by atoms with van der Waals surface area (Å²) < 4.78 is 13.6. The molecule has 4 nitrogen and oxygen atoms in total. The first kappa shape index (κ1) is 18.6. The molecule has 4 saturated carbocycles. The molecule has 1 heterocycles. The Morgan fingerprint density at radius 3 is 2.64 bits per heavy atom. The van der Waals surface area contributed by atoms with Gasteiger partial charge in [0.15, 0.2) is 0 Å². The summed E-state index contributed by atoms with van der Waals surface area (Å²) in [5, 5.41) is 5.42. The highest BCUT2D eigenvalue weighted by Gasteiger charge is 2.65. The van der Waals surface area contributed by atoms with Gasteiger partial charge in [0.05, 0.1) is 12.1 Å². The maximum absolute atomic E-state index is 13.6. The molecule has 1 saturated heterocycles. The number of alkyl halides is 1. The molecular weight excluding hydrogens is 353 g/mol. The summed E-state index contributed by atoms with van der Waals surface area (Å²) >= 11 is 0. The third-order valence-corrected chi connectivity index (χ3v) is 8.05. The van der Waals surface area contributed by atoms with Crippen molar-refractivity contribution in [2.45, 2.75) is 50.4 Å². The highest BCUT2D eigenvalue weighted by molar-refractivity contribution is 5.83. The van der Waals surface area contributed by atoms with E-state index in [1.54, 1.807) is 0 Å². The minimum atomic E-state index is -0.338. The van der Waals surface area contributed by atoms with Gasteiger partial charge in [-0.3, -0.25) is 14.6 Å². The van der Waals surface area contributed by atoms with Gasteiger partial charge in [-0.15, -0.1) is 0 Å². The van der Waals surface area contributed by atoms with Gasteiger partial charge in [0, 0.05) is 26.2 Å². The van der Waals surface area contributed by atoms with E-state index in [1.165, 1.54) is 5.56 Å². The molecule has 4 bridgehead atoms. The molecule has 0 spiro atoms. The summed E-state index contributed by atoms with van der Waals surface area (Å²) in [6.07, 6.45) is 6.70. The largest absolute Gasteiger partial charge is 0.314 e. The summed E-state index contributed by atoms with van der Waals surface area (Å²) in [6, 6.07) is 10.8. The minimum Gasteiger partial charge on any atom is -0.314 e. The fourth-order valence-electron chi connectivity index (χ4n) is 7.52. The Hall–Kier alpha value is -1.46. The average molecular weight is 386 g/mol. The van der Waals surface area contributed by atoms with Crippen molar-refractivity contribution in [3.05, 3.63) is 35.9 Å². The van der Waals surface area contributed by atoms with Gasteiger partial charge in [-0.1, -0.05) is 30.3 Å². The third-order valence-electron chi connectivity index (χ3n) is 8.05. The van der Waals surface area contributed by atoms with Crippen LogP contribution in [0.15, 0.2) is 30.3 Å². The van der Waals surface area contributed by atoms with Crippen molar-refractivity contribution in [3.8, 4) is 0 Å².